The Morgan fingerprint density at radius 3 is 1.00 bits per heavy atom. The minimum atomic E-state index is -0.722. The molecule has 0 aromatic heterocycles. The lowest BCUT2D eigenvalue weighted by atomic mass is 9.77. The number of hydrogen-bond donors (Lipinski definition) is 0. The normalized spacial score (nSPS) is 24.2. The molecule has 0 unspecified atom stereocenters. The van der Waals surface area contributed by atoms with Gasteiger partial charge in [0.2, 0.25) is 0 Å². The molecule has 0 bridgehead atoms. The molecule has 4 aromatic carbocycles. The Balaban J connectivity index is 1.74. The fourth-order valence-corrected chi connectivity index (χ4v) is 6.57. The standard InChI is InChI=1S/C32H31NO2/c1-30(2)34-28-29(35-30)32(26-20-12-6-13-21-26,27-22-14-7-15-23-27)33(3)31(28,24-16-8-4-9-17-24)25-18-10-5-11-19-25/h4-23,28-29H,1-3H3/t28-,29-/m1/s1. The molecule has 0 saturated carbocycles. The maximum Gasteiger partial charge on any atom is 0.164 e. The third-order valence-corrected chi connectivity index (χ3v) is 7.83. The van der Waals surface area contributed by atoms with Crippen molar-refractivity contribution in [1.82, 2.24) is 4.90 Å². The predicted molar refractivity (Wildman–Crippen MR) is 139 cm³/mol. The van der Waals surface area contributed by atoms with Gasteiger partial charge < -0.3 is 9.47 Å². The highest BCUT2D eigenvalue weighted by Gasteiger charge is 2.72. The fourth-order valence-electron chi connectivity index (χ4n) is 6.57. The van der Waals surface area contributed by atoms with Crippen LogP contribution in [0.2, 0.25) is 0 Å². The zero-order valence-electron chi connectivity index (χ0n) is 20.5. The average molecular weight is 462 g/mol. The van der Waals surface area contributed by atoms with E-state index in [4.69, 9.17) is 9.47 Å². The molecule has 0 N–H and O–H groups in total. The first-order valence-electron chi connectivity index (χ1n) is 12.3. The van der Waals surface area contributed by atoms with E-state index in [2.05, 4.69) is 133 Å². The van der Waals surface area contributed by atoms with E-state index in [1.54, 1.807) is 0 Å². The number of hydrogen-bond acceptors (Lipinski definition) is 3. The Morgan fingerprint density at radius 1 is 0.486 bits per heavy atom. The van der Waals surface area contributed by atoms with E-state index >= 15 is 0 Å². The molecule has 0 amide bonds. The lowest BCUT2D eigenvalue weighted by Gasteiger charge is -2.48. The first-order chi connectivity index (χ1) is 17.0. The second-order valence-corrected chi connectivity index (χ2v) is 10.0. The van der Waals surface area contributed by atoms with Gasteiger partial charge in [-0.25, -0.2) is 0 Å². The molecule has 35 heavy (non-hydrogen) atoms. The Morgan fingerprint density at radius 2 is 0.743 bits per heavy atom. The summed E-state index contributed by atoms with van der Waals surface area (Å²) in [5, 5.41) is 0. The SMILES string of the molecule is CN1C(c2ccccc2)(c2ccccc2)[C@@H]2OC(C)(C)O[C@H]2C1(c1ccccc1)c1ccccc1. The summed E-state index contributed by atoms with van der Waals surface area (Å²) in [5.74, 6) is -0.722. The van der Waals surface area contributed by atoms with E-state index in [0.717, 1.165) is 0 Å². The molecular weight excluding hydrogens is 430 g/mol. The first kappa shape index (κ1) is 22.2. The highest BCUT2D eigenvalue weighted by atomic mass is 16.8. The van der Waals surface area contributed by atoms with E-state index in [-0.39, 0.29) is 12.2 Å². The van der Waals surface area contributed by atoms with Crippen molar-refractivity contribution in [2.45, 2.75) is 42.9 Å². The van der Waals surface area contributed by atoms with Crippen molar-refractivity contribution in [3.63, 3.8) is 0 Å². The molecule has 0 radical (unpaired) electrons. The van der Waals surface area contributed by atoms with E-state index in [9.17, 15) is 0 Å². The van der Waals surface area contributed by atoms with Gasteiger partial charge in [0.1, 0.15) is 23.3 Å². The summed E-state index contributed by atoms with van der Waals surface area (Å²) >= 11 is 0. The van der Waals surface area contributed by atoms with Gasteiger partial charge in [0.25, 0.3) is 0 Å². The van der Waals surface area contributed by atoms with E-state index < -0.39 is 16.9 Å². The van der Waals surface area contributed by atoms with Crippen LogP contribution in [0, 0.1) is 0 Å². The highest BCUT2D eigenvalue weighted by Crippen LogP contribution is 2.62. The third-order valence-electron chi connectivity index (χ3n) is 7.83. The van der Waals surface area contributed by atoms with Crippen LogP contribution in [0.4, 0.5) is 0 Å². The number of fused-ring (bicyclic) bond motifs is 1. The van der Waals surface area contributed by atoms with Gasteiger partial charge in [-0.1, -0.05) is 121 Å². The van der Waals surface area contributed by atoms with Crippen LogP contribution in [0.15, 0.2) is 121 Å². The number of nitrogens with zero attached hydrogens (tertiary/aromatic N) is 1. The summed E-state index contributed by atoms with van der Waals surface area (Å²) in [6.45, 7) is 4.07. The quantitative estimate of drug-likeness (QED) is 0.354. The zero-order chi connectivity index (χ0) is 24.1. The summed E-state index contributed by atoms with van der Waals surface area (Å²) < 4.78 is 13.8. The van der Waals surface area contributed by atoms with Crippen LogP contribution >= 0.6 is 0 Å². The molecule has 2 heterocycles. The van der Waals surface area contributed by atoms with Gasteiger partial charge in [0.05, 0.1) is 0 Å². The van der Waals surface area contributed by atoms with E-state index in [0.29, 0.717) is 0 Å². The first-order valence-corrected chi connectivity index (χ1v) is 12.3. The molecule has 2 fully saturated rings. The lowest BCUT2D eigenvalue weighted by molar-refractivity contribution is -0.183. The molecule has 2 saturated heterocycles. The van der Waals surface area contributed by atoms with Crippen molar-refractivity contribution >= 4 is 0 Å². The number of benzene rings is 4. The Kier molecular flexibility index (Phi) is 5.19. The Hall–Kier alpha value is -3.24. The van der Waals surface area contributed by atoms with Crippen LogP contribution in [0.1, 0.15) is 36.1 Å². The van der Waals surface area contributed by atoms with Gasteiger partial charge in [0, 0.05) is 0 Å². The van der Waals surface area contributed by atoms with Gasteiger partial charge in [0.15, 0.2) is 5.79 Å². The van der Waals surface area contributed by atoms with Crippen molar-refractivity contribution < 1.29 is 9.47 Å². The summed E-state index contributed by atoms with van der Waals surface area (Å²) in [6.07, 6.45) is -0.486. The summed E-state index contributed by atoms with van der Waals surface area (Å²) in [6, 6.07) is 43.0. The molecule has 6 rings (SSSR count). The Bertz CT molecular complexity index is 1110. The second kappa shape index (κ2) is 8.17. The minimum absolute atomic E-state index is 0.243. The Labute approximate surface area is 207 Å². The average Bonchev–Trinajstić information content (AvgIpc) is 3.32. The van der Waals surface area contributed by atoms with Gasteiger partial charge >= 0.3 is 0 Å². The molecular formula is C32H31NO2. The lowest BCUT2D eigenvalue weighted by Crippen LogP contribution is -2.54. The summed E-state index contributed by atoms with van der Waals surface area (Å²) in [7, 11) is 2.23. The molecule has 176 valence electrons. The van der Waals surface area contributed by atoms with Gasteiger partial charge in [-0.2, -0.15) is 0 Å². The number of likely N-dealkylation sites (tertiary alicyclic amines) is 1. The van der Waals surface area contributed by atoms with Crippen LogP contribution in [-0.2, 0) is 20.6 Å². The minimum Gasteiger partial charge on any atom is -0.342 e. The van der Waals surface area contributed by atoms with Gasteiger partial charge in [-0.15, -0.1) is 0 Å². The van der Waals surface area contributed by atoms with Crippen molar-refractivity contribution in [1.29, 1.82) is 0 Å². The highest BCUT2D eigenvalue weighted by molar-refractivity contribution is 5.52. The molecule has 2 aliphatic heterocycles. The van der Waals surface area contributed by atoms with Crippen LogP contribution in [0.3, 0.4) is 0 Å². The van der Waals surface area contributed by atoms with Gasteiger partial charge in [-0.05, 0) is 43.1 Å². The molecule has 4 aromatic rings. The third kappa shape index (κ3) is 3.09. The van der Waals surface area contributed by atoms with Crippen molar-refractivity contribution in [3.8, 4) is 0 Å². The monoisotopic (exact) mass is 461 g/mol. The van der Waals surface area contributed by atoms with Crippen molar-refractivity contribution in [3.05, 3.63) is 144 Å². The summed E-state index contributed by atoms with van der Waals surface area (Å²) in [4.78, 5) is 2.51. The van der Waals surface area contributed by atoms with E-state index in [1.807, 2.05) is 13.8 Å². The maximum absolute atomic E-state index is 6.90. The topological polar surface area (TPSA) is 21.7 Å². The number of likely N-dealkylation sites (N-methyl/N-ethyl adjacent to an activating group) is 1. The van der Waals surface area contributed by atoms with E-state index in [1.165, 1.54) is 22.3 Å². The van der Waals surface area contributed by atoms with Crippen molar-refractivity contribution in [2.75, 3.05) is 7.05 Å². The fraction of sp³-hybridized carbons (Fsp3) is 0.250. The number of rotatable bonds is 4. The van der Waals surface area contributed by atoms with Crippen LogP contribution in [-0.4, -0.2) is 29.9 Å². The second-order valence-electron chi connectivity index (χ2n) is 10.0. The zero-order valence-corrected chi connectivity index (χ0v) is 20.5. The van der Waals surface area contributed by atoms with Crippen LogP contribution < -0.4 is 0 Å². The molecule has 0 spiro atoms. The van der Waals surface area contributed by atoms with Gasteiger partial charge in [-0.3, -0.25) is 4.90 Å². The largest absolute Gasteiger partial charge is 0.342 e. The van der Waals surface area contributed by atoms with Crippen LogP contribution in [0.5, 0.6) is 0 Å². The molecule has 2 aliphatic rings. The van der Waals surface area contributed by atoms with Crippen molar-refractivity contribution in [2.24, 2.45) is 0 Å². The molecule has 3 heteroatoms. The predicted octanol–water partition coefficient (Wildman–Crippen LogP) is 6.34. The summed E-state index contributed by atoms with van der Waals surface area (Å²) in [5.41, 5.74) is 3.62. The molecule has 0 aliphatic carbocycles. The molecule has 2 atom stereocenters. The molecule has 3 nitrogen and oxygen atoms in total. The smallest absolute Gasteiger partial charge is 0.164 e. The maximum atomic E-state index is 6.90. The van der Waals surface area contributed by atoms with Crippen LogP contribution in [0.25, 0.3) is 0 Å². The number of ether oxygens (including phenoxy) is 2.